The number of carbonyl (C=O) groups is 1. The van der Waals surface area contributed by atoms with Crippen molar-refractivity contribution in [3.63, 3.8) is 0 Å². The summed E-state index contributed by atoms with van der Waals surface area (Å²) < 4.78 is 0. The lowest BCUT2D eigenvalue weighted by Gasteiger charge is -2.56. The highest BCUT2D eigenvalue weighted by molar-refractivity contribution is 5.87. The standard InChI is InChI=1S/C19H28O2/c1-18-9-7-13(20)11-12(18)3-4-14-15-5-6-17(21)19(15,2)10-8-16(14)18/h3,13-16,20H,4-11H2,1-2H3/t13?,14?,15?,16?,18-,19+/m0/s1. The van der Waals surface area contributed by atoms with E-state index in [9.17, 15) is 9.90 Å². The first-order chi connectivity index (χ1) is 9.95. The average Bonchev–Trinajstić information content (AvgIpc) is 2.76. The molecule has 0 aromatic carbocycles. The highest BCUT2D eigenvalue weighted by Crippen LogP contribution is 2.63. The molecule has 2 nitrogen and oxygen atoms in total. The van der Waals surface area contributed by atoms with E-state index < -0.39 is 0 Å². The van der Waals surface area contributed by atoms with E-state index in [0.29, 0.717) is 23.0 Å². The van der Waals surface area contributed by atoms with Gasteiger partial charge in [-0.05, 0) is 68.1 Å². The van der Waals surface area contributed by atoms with Gasteiger partial charge in [-0.15, -0.1) is 0 Å². The summed E-state index contributed by atoms with van der Waals surface area (Å²) in [6.45, 7) is 4.69. The molecule has 3 fully saturated rings. The number of hydrogen-bond donors (Lipinski definition) is 1. The highest BCUT2D eigenvalue weighted by Gasteiger charge is 2.58. The van der Waals surface area contributed by atoms with Crippen molar-refractivity contribution in [3.8, 4) is 0 Å². The van der Waals surface area contributed by atoms with Gasteiger partial charge in [0.2, 0.25) is 0 Å². The number of rotatable bonds is 0. The molecule has 1 N–H and O–H groups in total. The van der Waals surface area contributed by atoms with Crippen molar-refractivity contribution in [2.75, 3.05) is 0 Å². The first-order valence-electron chi connectivity index (χ1n) is 8.86. The minimum atomic E-state index is -0.122. The van der Waals surface area contributed by atoms with Gasteiger partial charge in [-0.25, -0.2) is 0 Å². The van der Waals surface area contributed by atoms with Crippen LogP contribution in [0.15, 0.2) is 11.6 Å². The number of fused-ring (bicyclic) bond motifs is 5. The van der Waals surface area contributed by atoms with Crippen LogP contribution in [-0.4, -0.2) is 17.0 Å². The van der Waals surface area contributed by atoms with Crippen LogP contribution in [0.4, 0.5) is 0 Å². The third-order valence-electron chi connectivity index (χ3n) is 7.79. The van der Waals surface area contributed by atoms with Crippen molar-refractivity contribution in [2.45, 2.75) is 71.3 Å². The Hall–Kier alpha value is -0.630. The van der Waals surface area contributed by atoms with Gasteiger partial charge >= 0.3 is 0 Å². The Bertz CT molecular complexity index is 508. The Balaban J connectivity index is 1.69. The van der Waals surface area contributed by atoms with Gasteiger partial charge in [0.05, 0.1) is 6.10 Å². The summed E-state index contributed by atoms with van der Waals surface area (Å²) in [6.07, 6.45) is 10.7. The number of aliphatic hydroxyl groups excluding tert-OH is 1. The third-order valence-corrected chi connectivity index (χ3v) is 7.79. The number of allylic oxidation sites excluding steroid dienone is 1. The molecule has 0 heterocycles. The fourth-order valence-corrected chi connectivity index (χ4v) is 6.41. The number of aliphatic hydroxyl groups is 1. The van der Waals surface area contributed by atoms with E-state index in [0.717, 1.165) is 50.9 Å². The third kappa shape index (κ3) is 1.78. The normalized spacial score (nSPS) is 52.7. The van der Waals surface area contributed by atoms with Gasteiger partial charge in [-0.2, -0.15) is 0 Å². The maximum absolute atomic E-state index is 12.4. The molecule has 4 rings (SSSR count). The lowest BCUT2D eigenvalue weighted by molar-refractivity contribution is -0.132. The fourth-order valence-electron chi connectivity index (χ4n) is 6.41. The summed E-state index contributed by atoms with van der Waals surface area (Å²) in [5.74, 6) is 2.60. The van der Waals surface area contributed by atoms with E-state index in [1.807, 2.05) is 0 Å². The zero-order chi connectivity index (χ0) is 14.8. The second kappa shape index (κ2) is 4.44. The molecule has 4 aliphatic carbocycles. The minimum absolute atomic E-state index is 0.0168. The van der Waals surface area contributed by atoms with Crippen molar-refractivity contribution in [1.82, 2.24) is 0 Å². The van der Waals surface area contributed by atoms with Crippen LogP contribution < -0.4 is 0 Å². The van der Waals surface area contributed by atoms with Crippen LogP contribution in [-0.2, 0) is 4.79 Å². The molecule has 21 heavy (non-hydrogen) atoms. The summed E-state index contributed by atoms with van der Waals surface area (Å²) in [7, 11) is 0. The number of carbonyl (C=O) groups excluding carboxylic acids is 1. The lowest BCUT2D eigenvalue weighted by atomic mass is 9.48. The van der Waals surface area contributed by atoms with E-state index in [2.05, 4.69) is 19.9 Å². The van der Waals surface area contributed by atoms with Crippen LogP contribution in [0.1, 0.15) is 65.2 Å². The Morgan fingerprint density at radius 3 is 2.62 bits per heavy atom. The molecule has 0 radical (unpaired) electrons. The monoisotopic (exact) mass is 288 g/mol. The summed E-state index contributed by atoms with van der Waals surface area (Å²) in [5, 5.41) is 10.00. The molecule has 116 valence electrons. The molecule has 4 aliphatic rings. The topological polar surface area (TPSA) is 37.3 Å². The predicted octanol–water partition coefficient (Wildman–Crippen LogP) is 3.88. The van der Waals surface area contributed by atoms with Crippen molar-refractivity contribution in [3.05, 3.63) is 11.6 Å². The van der Waals surface area contributed by atoms with Gasteiger partial charge in [0.1, 0.15) is 5.78 Å². The fraction of sp³-hybridized carbons (Fsp3) is 0.842. The minimum Gasteiger partial charge on any atom is -0.393 e. The molecular weight excluding hydrogens is 260 g/mol. The Kier molecular flexibility index (Phi) is 2.96. The SMILES string of the molecule is C[C@@]12CCC3C(CC=C4CC(O)CC[C@@]43C)C1CCC2=O. The van der Waals surface area contributed by atoms with Gasteiger partial charge in [-0.1, -0.05) is 25.5 Å². The number of hydrogen-bond acceptors (Lipinski definition) is 2. The lowest BCUT2D eigenvalue weighted by Crippen LogP contribution is -2.50. The van der Waals surface area contributed by atoms with Crippen LogP contribution in [0.3, 0.4) is 0 Å². The van der Waals surface area contributed by atoms with Gasteiger partial charge in [-0.3, -0.25) is 4.79 Å². The number of ketones is 1. The quantitative estimate of drug-likeness (QED) is 0.687. The Labute approximate surface area is 128 Å². The second-order valence-corrected chi connectivity index (χ2v) is 8.57. The van der Waals surface area contributed by atoms with Crippen LogP contribution in [0.25, 0.3) is 0 Å². The van der Waals surface area contributed by atoms with Crippen LogP contribution in [0.2, 0.25) is 0 Å². The molecule has 0 spiro atoms. The number of Topliss-reactive ketones (excluding diaryl/α,β-unsaturated/α-hetero) is 1. The molecule has 6 atom stereocenters. The van der Waals surface area contributed by atoms with Crippen LogP contribution in [0.5, 0.6) is 0 Å². The Morgan fingerprint density at radius 2 is 1.81 bits per heavy atom. The van der Waals surface area contributed by atoms with E-state index in [-0.39, 0.29) is 11.5 Å². The first kappa shape index (κ1) is 14.0. The molecule has 0 aromatic rings. The molecule has 2 heteroatoms. The van der Waals surface area contributed by atoms with Crippen LogP contribution >= 0.6 is 0 Å². The van der Waals surface area contributed by atoms with E-state index in [4.69, 9.17) is 0 Å². The summed E-state index contributed by atoms with van der Waals surface area (Å²) in [5.41, 5.74) is 1.81. The van der Waals surface area contributed by atoms with Crippen molar-refractivity contribution >= 4 is 5.78 Å². The molecule has 4 unspecified atom stereocenters. The molecular formula is C19H28O2. The van der Waals surface area contributed by atoms with Gasteiger partial charge in [0.25, 0.3) is 0 Å². The summed E-state index contributed by atoms with van der Waals surface area (Å²) in [4.78, 5) is 12.4. The molecule has 0 bridgehead atoms. The zero-order valence-corrected chi connectivity index (χ0v) is 13.4. The average molecular weight is 288 g/mol. The molecule has 0 saturated heterocycles. The van der Waals surface area contributed by atoms with Crippen molar-refractivity contribution in [2.24, 2.45) is 28.6 Å². The molecule has 0 amide bonds. The maximum Gasteiger partial charge on any atom is 0.139 e. The van der Waals surface area contributed by atoms with E-state index in [1.54, 1.807) is 0 Å². The smallest absolute Gasteiger partial charge is 0.139 e. The maximum atomic E-state index is 12.4. The predicted molar refractivity (Wildman–Crippen MR) is 82.7 cm³/mol. The molecule has 3 saturated carbocycles. The molecule has 0 aliphatic heterocycles. The summed E-state index contributed by atoms with van der Waals surface area (Å²) in [6, 6.07) is 0. The van der Waals surface area contributed by atoms with E-state index >= 15 is 0 Å². The highest BCUT2D eigenvalue weighted by atomic mass is 16.3. The summed E-state index contributed by atoms with van der Waals surface area (Å²) >= 11 is 0. The van der Waals surface area contributed by atoms with Gasteiger partial charge in [0.15, 0.2) is 0 Å². The Morgan fingerprint density at radius 1 is 1.10 bits per heavy atom. The van der Waals surface area contributed by atoms with Crippen molar-refractivity contribution < 1.29 is 9.90 Å². The largest absolute Gasteiger partial charge is 0.393 e. The van der Waals surface area contributed by atoms with Gasteiger partial charge in [0, 0.05) is 11.8 Å². The van der Waals surface area contributed by atoms with E-state index in [1.165, 1.54) is 12.0 Å². The molecule has 0 aromatic heterocycles. The van der Waals surface area contributed by atoms with Crippen molar-refractivity contribution in [1.29, 1.82) is 0 Å². The van der Waals surface area contributed by atoms with Gasteiger partial charge < -0.3 is 5.11 Å². The zero-order valence-electron chi connectivity index (χ0n) is 13.4. The van der Waals surface area contributed by atoms with Crippen LogP contribution in [0, 0.1) is 28.6 Å². The first-order valence-corrected chi connectivity index (χ1v) is 8.86. The second-order valence-electron chi connectivity index (χ2n) is 8.57.